The Morgan fingerprint density at radius 3 is 2.63 bits per heavy atom. The lowest BCUT2D eigenvalue weighted by molar-refractivity contribution is 0.224. The van der Waals surface area contributed by atoms with Crippen molar-refractivity contribution in [3.63, 3.8) is 0 Å². The average molecular weight is 358 g/mol. The normalized spacial score (nSPS) is 11.2. The lowest BCUT2D eigenvalue weighted by atomic mass is 10.0. The van der Waals surface area contributed by atoms with Crippen LogP contribution in [0.1, 0.15) is 16.9 Å². The van der Waals surface area contributed by atoms with E-state index in [-0.39, 0.29) is 0 Å². The number of aromatic nitrogens is 1. The first-order valence-corrected chi connectivity index (χ1v) is 9.02. The van der Waals surface area contributed by atoms with Gasteiger partial charge in [0.1, 0.15) is 11.5 Å². The smallest absolute Gasteiger partial charge is 0.123 e. The van der Waals surface area contributed by atoms with E-state index < -0.39 is 0 Å². The first kappa shape index (κ1) is 17.3. The molecule has 0 radical (unpaired) electrons. The highest BCUT2D eigenvalue weighted by Crippen LogP contribution is 2.30. The summed E-state index contributed by atoms with van der Waals surface area (Å²) in [5, 5.41) is 2.43. The van der Waals surface area contributed by atoms with Crippen molar-refractivity contribution in [1.82, 2.24) is 9.88 Å². The molecule has 0 atom stereocenters. The number of methoxy groups -OCH3 is 1. The lowest BCUT2D eigenvalue weighted by Crippen LogP contribution is -2.22. The van der Waals surface area contributed by atoms with Crippen LogP contribution in [0.4, 0.5) is 0 Å². The van der Waals surface area contributed by atoms with Crippen molar-refractivity contribution in [2.45, 2.75) is 19.6 Å². The molecule has 27 heavy (non-hydrogen) atoms. The van der Waals surface area contributed by atoms with E-state index in [4.69, 9.17) is 9.15 Å². The zero-order valence-corrected chi connectivity index (χ0v) is 15.3. The molecule has 136 valence electrons. The topological polar surface area (TPSA) is 38.5 Å². The Balaban J connectivity index is 1.69. The largest absolute Gasteiger partial charge is 0.496 e. The molecule has 0 aliphatic carbocycles. The number of ether oxygens (including phenoxy) is 1. The van der Waals surface area contributed by atoms with Crippen molar-refractivity contribution >= 4 is 10.8 Å². The Labute approximate surface area is 159 Å². The van der Waals surface area contributed by atoms with Gasteiger partial charge < -0.3 is 9.15 Å². The first-order chi connectivity index (χ1) is 13.3. The Morgan fingerprint density at radius 2 is 1.85 bits per heavy atom. The van der Waals surface area contributed by atoms with E-state index in [0.717, 1.165) is 24.6 Å². The molecule has 2 aromatic carbocycles. The molecule has 0 unspecified atom stereocenters. The minimum absolute atomic E-state index is 0.717. The molecule has 4 heteroatoms. The maximum atomic E-state index is 5.68. The van der Waals surface area contributed by atoms with Crippen LogP contribution in [0.15, 0.2) is 83.7 Å². The molecular weight excluding hydrogens is 336 g/mol. The summed E-state index contributed by atoms with van der Waals surface area (Å²) in [5.41, 5.74) is 2.36. The molecule has 0 N–H and O–H groups in total. The molecule has 0 spiro atoms. The summed E-state index contributed by atoms with van der Waals surface area (Å²) >= 11 is 0. The highest BCUT2D eigenvalue weighted by molar-refractivity contribution is 5.87. The van der Waals surface area contributed by atoms with Crippen molar-refractivity contribution in [2.24, 2.45) is 0 Å². The van der Waals surface area contributed by atoms with Gasteiger partial charge in [0.15, 0.2) is 0 Å². The van der Waals surface area contributed by atoms with E-state index in [0.29, 0.717) is 6.54 Å². The maximum Gasteiger partial charge on any atom is 0.123 e. The van der Waals surface area contributed by atoms with Crippen LogP contribution in [-0.2, 0) is 19.6 Å². The summed E-state index contributed by atoms with van der Waals surface area (Å²) in [6.07, 6.45) is 5.43. The van der Waals surface area contributed by atoms with Gasteiger partial charge in [-0.25, -0.2) is 0 Å². The van der Waals surface area contributed by atoms with E-state index >= 15 is 0 Å². The average Bonchev–Trinajstić information content (AvgIpc) is 3.22. The molecule has 4 nitrogen and oxygen atoms in total. The molecule has 2 aromatic heterocycles. The summed E-state index contributed by atoms with van der Waals surface area (Å²) in [4.78, 5) is 6.60. The number of hydrogen-bond acceptors (Lipinski definition) is 4. The van der Waals surface area contributed by atoms with Crippen LogP contribution < -0.4 is 4.74 Å². The van der Waals surface area contributed by atoms with Gasteiger partial charge in [0.2, 0.25) is 0 Å². The van der Waals surface area contributed by atoms with Crippen molar-refractivity contribution < 1.29 is 9.15 Å². The highest BCUT2D eigenvalue weighted by Gasteiger charge is 2.15. The van der Waals surface area contributed by atoms with Crippen LogP contribution in [0, 0.1) is 0 Å². The third-order valence-corrected chi connectivity index (χ3v) is 4.69. The number of fused-ring (bicyclic) bond motifs is 1. The summed E-state index contributed by atoms with van der Waals surface area (Å²) in [7, 11) is 1.73. The summed E-state index contributed by atoms with van der Waals surface area (Å²) in [6, 6.07) is 20.6. The van der Waals surface area contributed by atoms with Crippen molar-refractivity contribution in [3.05, 3.63) is 96.2 Å². The van der Waals surface area contributed by atoms with Crippen LogP contribution in [0.2, 0.25) is 0 Å². The fourth-order valence-corrected chi connectivity index (χ4v) is 3.43. The van der Waals surface area contributed by atoms with Crippen LogP contribution in [-0.4, -0.2) is 17.0 Å². The Bertz CT molecular complexity index is 998. The number of pyridine rings is 1. The lowest BCUT2D eigenvalue weighted by Gasteiger charge is -2.23. The van der Waals surface area contributed by atoms with Gasteiger partial charge in [0.25, 0.3) is 0 Å². The number of benzene rings is 2. The maximum absolute atomic E-state index is 5.68. The van der Waals surface area contributed by atoms with Crippen molar-refractivity contribution in [3.8, 4) is 5.75 Å². The van der Waals surface area contributed by atoms with Gasteiger partial charge in [-0.2, -0.15) is 0 Å². The molecule has 0 saturated heterocycles. The summed E-state index contributed by atoms with van der Waals surface area (Å²) < 4.78 is 11.3. The third kappa shape index (κ3) is 4.01. The predicted octanol–water partition coefficient (Wildman–Crippen LogP) is 5.04. The Morgan fingerprint density at radius 1 is 0.926 bits per heavy atom. The summed E-state index contributed by atoms with van der Waals surface area (Å²) in [6.45, 7) is 2.25. The molecule has 0 amide bonds. The van der Waals surface area contributed by atoms with Crippen molar-refractivity contribution in [2.75, 3.05) is 7.11 Å². The first-order valence-electron chi connectivity index (χ1n) is 9.02. The van der Waals surface area contributed by atoms with Crippen LogP contribution in [0.3, 0.4) is 0 Å². The Kier molecular flexibility index (Phi) is 5.17. The van der Waals surface area contributed by atoms with Crippen LogP contribution in [0.25, 0.3) is 10.8 Å². The second kappa shape index (κ2) is 8.06. The van der Waals surface area contributed by atoms with Crippen molar-refractivity contribution in [1.29, 1.82) is 0 Å². The monoisotopic (exact) mass is 358 g/mol. The van der Waals surface area contributed by atoms with Gasteiger partial charge in [-0.1, -0.05) is 36.4 Å². The Hall–Kier alpha value is -3.11. The molecular formula is C23H22N2O2. The zero-order valence-electron chi connectivity index (χ0n) is 15.3. The highest BCUT2D eigenvalue weighted by atomic mass is 16.5. The van der Waals surface area contributed by atoms with Gasteiger partial charge >= 0.3 is 0 Å². The molecule has 0 saturated carbocycles. The molecule has 0 fully saturated rings. The standard InChI is InChI=1S/C23H22N2O2/c1-26-23-11-10-19-7-2-3-9-21(19)22(23)17-25(16-20-8-5-13-27-20)15-18-6-4-12-24-14-18/h2-14H,15-17H2,1H3. The summed E-state index contributed by atoms with van der Waals surface area (Å²) in [5.74, 6) is 1.85. The molecule has 0 aliphatic heterocycles. The second-order valence-electron chi connectivity index (χ2n) is 6.55. The van der Waals surface area contributed by atoms with Gasteiger partial charge in [0.05, 0.1) is 19.9 Å². The molecule has 4 aromatic rings. The predicted molar refractivity (Wildman–Crippen MR) is 106 cm³/mol. The third-order valence-electron chi connectivity index (χ3n) is 4.69. The van der Waals surface area contributed by atoms with Gasteiger partial charge in [-0.3, -0.25) is 9.88 Å². The fourth-order valence-electron chi connectivity index (χ4n) is 3.43. The molecule has 0 bridgehead atoms. The minimum Gasteiger partial charge on any atom is -0.496 e. The fraction of sp³-hybridized carbons (Fsp3) is 0.174. The van der Waals surface area contributed by atoms with E-state index in [2.05, 4.69) is 46.3 Å². The quantitative estimate of drug-likeness (QED) is 0.464. The van der Waals surface area contributed by atoms with Gasteiger partial charge in [-0.15, -0.1) is 0 Å². The van der Waals surface area contributed by atoms with E-state index in [1.165, 1.54) is 21.9 Å². The minimum atomic E-state index is 0.717. The number of rotatable bonds is 7. The molecule has 0 aliphatic rings. The number of furan rings is 1. The van der Waals surface area contributed by atoms with Gasteiger partial charge in [0, 0.05) is 31.0 Å². The van der Waals surface area contributed by atoms with Crippen LogP contribution >= 0.6 is 0 Å². The number of hydrogen-bond donors (Lipinski definition) is 0. The zero-order chi connectivity index (χ0) is 18.5. The molecule has 2 heterocycles. The SMILES string of the molecule is COc1ccc2ccccc2c1CN(Cc1cccnc1)Cc1ccco1. The molecule has 4 rings (SSSR count). The van der Waals surface area contributed by atoms with E-state index in [9.17, 15) is 0 Å². The van der Waals surface area contributed by atoms with Crippen LogP contribution in [0.5, 0.6) is 5.75 Å². The second-order valence-corrected chi connectivity index (χ2v) is 6.55. The van der Waals surface area contributed by atoms with E-state index in [1.807, 2.05) is 30.5 Å². The van der Waals surface area contributed by atoms with Gasteiger partial charge in [-0.05, 0) is 40.6 Å². The van der Waals surface area contributed by atoms with E-state index in [1.54, 1.807) is 19.6 Å². The number of nitrogens with zero attached hydrogens (tertiary/aromatic N) is 2.